The summed E-state index contributed by atoms with van der Waals surface area (Å²) in [5.74, 6) is 0. The van der Waals surface area contributed by atoms with Gasteiger partial charge in [0.2, 0.25) is 0 Å². The fourth-order valence-corrected chi connectivity index (χ4v) is 4.63. The predicted octanol–water partition coefficient (Wildman–Crippen LogP) is 5.30. The second-order valence-electron chi connectivity index (χ2n) is 5.84. The second-order valence-corrected chi connectivity index (χ2v) is 10.5. The summed E-state index contributed by atoms with van der Waals surface area (Å²) in [4.78, 5) is 4.97. The van der Waals surface area contributed by atoms with Crippen LogP contribution in [0.15, 0.2) is 58.3 Å². The van der Waals surface area contributed by atoms with Gasteiger partial charge in [0.15, 0.2) is 0 Å². The Kier molecular flexibility index (Phi) is 4.14. The number of benzene rings is 2. The van der Waals surface area contributed by atoms with E-state index >= 15 is 0 Å². The Morgan fingerprint density at radius 3 is 2.00 bits per heavy atom. The van der Waals surface area contributed by atoms with Crippen LogP contribution < -0.4 is 4.90 Å². The van der Waals surface area contributed by atoms with Gasteiger partial charge >= 0.3 is 0 Å². The van der Waals surface area contributed by atoms with Gasteiger partial charge in [-0.1, -0.05) is 36.0 Å². The van der Waals surface area contributed by atoms with Gasteiger partial charge in [-0.3, -0.25) is 0 Å². The number of fused-ring (bicyclic) bond motifs is 2. The molecule has 2 aromatic rings. The fourth-order valence-electron chi connectivity index (χ4n) is 2.63. The Morgan fingerprint density at radius 2 is 1.48 bits per heavy atom. The topological polar surface area (TPSA) is 20.3 Å². The first kappa shape index (κ1) is 14.7. The van der Waals surface area contributed by atoms with Crippen molar-refractivity contribution in [2.75, 3.05) is 30.9 Å². The minimum Gasteiger partial charge on any atom is -0.340 e. The lowest BCUT2D eigenvalue weighted by atomic mass is 10.2. The Bertz CT molecular complexity index is 649. The lowest BCUT2D eigenvalue weighted by molar-refractivity contribution is 0.580. The molecule has 2 aromatic carbocycles. The Hall–Kier alpha value is -1.18. The molecule has 0 amide bonds. The summed E-state index contributed by atoms with van der Waals surface area (Å²) >= 11 is 1.83. The zero-order valence-corrected chi connectivity index (χ0v) is 14.2. The monoisotopic (exact) mass is 317 g/mol. The Morgan fingerprint density at radius 1 is 0.952 bits per heavy atom. The quantitative estimate of drug-likeness (QED) is 0.713. The van der Waals surface area contributed by atoms with Crippen LogP contribution in [0.3, 0.4) is 0 Å². The zero-order chi connectivity index (χ0) is 14.9. The summed E-state index contributed by atoms with van der Waals surface area (Å²) in [6.07, 6.45) is 1.76. The molecule has 0 spiro atoms. The van der Waals surface area contributed by atoms with E-state index in [9.17, 15) is 4.57 Å². The molecule has 0 radical (unpaired) electrons. The lowest BCUT2D eigenvalue weighted by Gasteiger charge is -2.32. The van der Waals surface area contributed by atoms with Crippen molar-refractivity contribution >= 4 is 30.3 Å². The van der Waals surface area contributed by atoms with E-state index < -0.39 is 7.14 Å². The molecule has 0 aromatic heterocycles. The van der Waals surface area contributed by atoms with Crippen molar-refractivity contribution in [1.29, 1.82) is 0 Å². The molecule has 0 fully saturated rings. The second kappa shape index (κ2) is 5.90. The summed E-state index contributed by atoms with van der Waals surface area (Å²) in [5, 5.41) is 0. The van der Waals surface area contributed by atoms with Crippen molar-refractivity contribution < 1.29 is 4.57 Å². The van der Waals surface area contributed by atoms with Gasteiger partial charge in [-0.2, -0.15) is 0 Å². The molecule has 0 aliphatic carbocycles. The molecule has 21 heavy (non-hydrogen) atoms. The van der Waals surface area contributed by atoms with Gasteiger partial charge in [0.25, 0.3) is 0 Å². The summed E-state index contributed by atoms with van der Waals surface area (Å²) in [5.41, 5.74) is 2.53. The average Bonchev–Trinajstić information content (AvgIpc) is 2.45. The summed E-state index contributed by atoms with van der Waals surface area (Å²) in [6.45, 7) is 4.67. The number of anilines is 2. The smallest absolute Gasteiger partial charge is 0.0819 e. The van der Waals surface area contributed by atoms with Gasteiger partial charge in [-0.05, 0) is 44.0 Å². The SMILES string of the molecule is CP(C)(=O)CCCN1c2ccccc2Sc2ccccc21. The van der Waals surface area contributed by atoms with E-state index in [0.29, 0.717) is 0 Å². The van der Waals surface area contributed by atoms with Gasteiger partial charge in [0.1, 0.15) is 0 Å². The molecular weight excluding hydrogens is 297 g/mol. The summed E-state index contributed by atoms with van der Waals surface area (Å²) < 4.78 is 11.9. The van der Waals surface area contributed by atoms with E-state index in [4.69, 9.17) is 0 Å². The van der Waals surface area contributed by atoms with Crippen molar-refractivity contribution in [3.05, 3.63) is 48.5 Å². The Balaban J connectivity index is 1.90. The first-order chi connectivity index (χ1) is 10.0. The van der Waals surface area contributed by atoms with E-state index in [1.165, 1.54) is 21.2 Å². The number of hydrogen-bond acceptors (Lipinski definition) is 3. The molecule has 110 valence electrons. The largest absolute Gasteiger partial charge is 0.340 e. The molecule has 0 saturated carbocycles. The van der Waals surface area contributed by atoms with E-state index in [2.05, 4.69) is 53.4 Å². The van der Waals surface area contributed by atoms with Gasteiger partial charge in [0.05, 0.1) is 18.5 Å². The van der Waals surface area contributed by atoms with Crippen LogP contribution >= 0.6 is 18.9 Å². The van der Waals surface area contributed by atoms with Crippen molar-refractivity contribution in [2.45, 2.75) is 16.2 Å². The highest BCUT2D eigenvalue weighted by molar-refractivity contribution is 7.99. The highest BCUT2D eigenvalue weighted by atomic mass is 32.2. The normalized spacial score (nSPS) is 13.7. The van der Waals surface area contributed by atoms with Crippen LogP contribution in [0.5, 0.6) is 0 Å². The molecule has 1 aliphatic rings. The summed E-state index contributed by atoms with van der Waals surface area (Å²) in [7, 11) is -1.93. The number of para-hydroxylation sites is 2. The number of rotatable bonds is 4. The molecular formula is C17H20NOPS. The van der Waals surface area contributed by atoms with Gasteiger partial charge in [-0.25, -0.2) is 0 Å². The van der Waals surface area contributed by atoms with Crippen LogP contribution in [-0.4, -0.2) is 26.0 Å². The average molecular weight is 317 g/mol. The van der Waals surface area contributed by atoms with Crippen LogP contribution in [0.25, 0.3) is 0 Å². The van der Waals surface area contributed by atoms with Crippen molar-refractivity contribution in [1.82, 2.24) is 0 Å². The number of hydrogen-bond donors (Lipinski definition) is 0. The van der Waals surface area contributed by atoms with E-state index in [1.807, 2.05) is 25.1 Å². The molecule has 1 heterocycles. The lowest BCUT2D eigenvalue weighted by Crippen LogP contribution is -2.22. The molecule has 0 unspecified atom stereocenters. The van der Waals surface area contributed by atoms with Crippen molar-refractivity contribution in [3.8, 4) is 0 Å². The molecule has 0 N–H and O–H groups in total. The third-order valence-electron chi connectivity index (χ3n) is 3.61. The maximum absolute atomic E-state index is 11.9. The van der Waals surface area contributed by atoms with Gasteiger partial charge in [0, 0.05) is 22.5 Å². The maximum atomic E-state index is 11.9. The van der Waals surface area contributed by atoms with Crippen LogP contribution in [-0.2, 0) is 4.57 Å². The molecule has 4 heteroatoms. The van der Waals surface area contributed by atoms with Gasteiger partial charge in [-0.15, -0.1) is 0 Å². The van der Waals surface area contributed by atoms with Crippen LogP contribution in [0.2, 0.25) is 0 Å². The van der Waals surface area contributed by atoms with E-state index in [-0.39, 0.29) is 0 Å². The van der Waals surface area contributed by atoms with Crippen LogP contribution in [0, 0.1) is 0 Å². The molecule has 3 rings (SSSR count). The molecule has 2 nitrogen and oxygen atoms in total. The van der Waals surface area contributed by atoms with Crippen molar-refractivity contribution in [2.24, 2.45) is 0 Å². The Labute approximate surface area is 130 Å². The van der Waals surface area contributed by atoms with Crippen LogP contribution in [0.1, 0.15) is 6.42 Å². The molecule has 0 bridgehead atoms. The van der Waals surface area contributed by atoms with E-state index in [0.717, 1.165) is 19.1 Å². The van der Waals surface area contributed by atoms with Gasteiger partial charge < -0.3 is 9.46 Å². The first-order valence-electron chi connectivity index (χ1n) is 7.22. The molecule has 1 aliphatic heterocycles. The third kappa shape index (κ3) is 3.36. The van der Waals surface area contributed by atoms with Crippen LogP contribution in [0.4, 0.5) is 11.4 Å². The van der Waals surface area contributed by atoms with E-state index in [1.54, 1.807) is 0 Å². The molecule has 0 saturated heterocycles. The fraction of sp³-hybridized carbons (Fsp3) is 0.294. The van der Waals surface area contributed by atoms with Crippen molar-refractivity contribution in [3.63, 3.8) is 0 Å². The third-order valence-corrected chi connectivity index (χ3v) is 6.13. The standard InChI is InChI=1S/C17H20NOPS/c1-20(2,19)13-7-12-18-14-8-3-5-10-16(14)21-17-11-6-4-9-15(17)18/h3-6,8-11H,7,12-13H2,1-2H3. The minimum absolute atomic E-state index is 0.807. The zero-order valence-electron chi connectivity index (χ0n) is 12.5. The predicted molar refractivity (Wildman–Crippen MR) is 93.0 cm³/mol. The maximum Gasteiger partial charge on any atom is 0.0819 e. The molecule has 0 atom stereocenters. The minimum atomic E-state index is -1.93. The number of nitrogens with zero attached hydrogens (tertiary/aromatic N) is 1. The highest BCUT2D eigenvalue weighted by Crippen LogP contribution is 2.48. The highest BCUT2D eigenvalue weighted by Gasteiger charge is 2.22. The summed E-state index contributed by atoms with van der Waals surface area (Å²) in [6, 6.07) is 17.1. The first-order valence-corrected chi connectivity index (χ1v) is 10.8.